The summed E-state index contributed by atoms with van der Waals surface area (Å²) in [7, 11) is 0. The molecule has 5 saturated carbocycles. The maximum absolute atomic E-state index is 16.3. The third-order valence-corrected chi connectivity index (χ3v) is 19.1. The number of ketones is 1. The first-order chi connectivity index (χ1) is 28.3. The van der Waals surface area contributed by atoms with Gasteiger partial charge in [-0.25, -0.2) is 4.39 Å². The molecule has 0 heterocycles. The van der Waals surface area contributed by atoms with Crippen molar-refractivity contribution >= 4 is 35.2 Å². The predicted octanol–water partition coefficient (Wildman–Crippen LogP) is 9.74. The molecule has 2 unspecified atom stereocenters. The van der Waals surface area contributed by atoms with Crippen molar-refractivity contribution in [1.29, 1.82) is 0 Å². The minimum absolute atomic E-state index is 0.0289. The molecule has 9 nitrogen and oxygen atoms in total. The van der Waals surface area contributed by atoms with E-state index in [1.165, 1.54) is 24.6 Å². The fourth-order valence-corrected chi connectivity index (χ4v) is 15.1. The average Bonchev–Trinajstić information content (AvgIpc) is 3.46. The monoisotopic (exact) mass is 867 g/mol. The molecule has 6 aliphatic rings. The third kappa shape index (κ3) is 7.23. The number of carboxylic acids is 1. The zero-order chi connectivity index (χ0) is 44.9. The van der Waals surface area contributed by atoms with Gasteiger partial charge in [-0.1, -0.05) is 79.5 Å². The van der Waals surface area contributed by atoms with Crippen LogP contribution in [0.3, 0.4) is 0 Å². The summed E-state index contributed by atoms with van der Waals surface area (Å²) in [5.41, 5.74) is 1.45. The molecular weight excluding hydrogens is 795 g/mol. The summed E-state index contributed by atoms with van der Waals surface area (Å²) in [4.78, 5) is 52.6. The van der Waals surface area contributed by atoms with E-state index in [1.54, 1.807) is 12.1 Å². The number of amides is 1. The van der Waals surface area contributed by atoms with Crippen molar-refractivity contribution in [1.82, 2.24) is 10.6 Å². The van der Waals surface area contributed by atoms with Gasteiger partial charge in [0.1, 0.15) is 12.2 Å². The molecule has 1 amide bonds. The molecule has 7 rings (SSSR count). The van der Waals surface area contributed by atoms with E-state index in [0.29, 0.717) is 42.7 Å². The summed E-state index contributed by atoms with van der Waals surface area (Å²) in [5, 5.41) is 26.3. The van der Waals surface area contributed by atoms with Crippen LogP contribution in [0.4, 0.5) is 4.39 Å². The molecule has 0 radical (unpaired) electrons. The van der Waals surface area contributed by atoms with Gasteiger partial charge in [-0.2, -0.15) is 0 Å². The first-order valence-corrected chi connectivity index (χ1v) is 23.5. The second-order valence-corrected chi connectivity index (χ2v) is 23.1. The second-order valence-electron chi connectivity index (χ2n) is 22.7. The summed E-state index contributed by atoms with van der Waals surface area (Å²) >= 11 is 5.98. The van der Waals surface area contributed by atoms with E-state index >= 15 is 4.39 Å². The van der Waals surface area contributed by atoms with Gasteiger partial charge in [0.05, 0.1) is 18.4 Å². The van der Waals surface area contributed by atoms with Crippen molar-refractivity contribution in [2.75, 3.05) is 13.1 Å². The number of aliphatic hydroxyl groups excluding tert-OH is 1. The van der Waals surface area contributed by atoms with Crippen LogP contribution in [0.2, 0.25) is 5.02 Å². The van der Waals surface area contributed by atoms with Crippen molar-refractivity contribution in [2.24, 2.45) is 68.0 Å². The van der Waals surface area contributed by atoms with E-state index in [0.717, 1.165) is 56.9 Å². The minimum Gasteiger partial charge on any atom is -0.481 e. The highest BCUT2D eigenvalue weighted by molar-refractivity contribution is 6.30. The molecule has 338 valence electrons. The maximum Gasteiger partial charge on any atom is 0.309 e. The Morgan fingerprint density at radius 2 is 1.56 bits per heavy atom. The summed E-state index contributed by atoms with van der Waals surface area (Å²) < 4.78 is 22.7. The average molecular weight is 868 g/mol. The molecule has 11 heteroatoms. The molecule has 6 aliphatic carbocycles. The Morgan fingerprint density at radius 1 is 0.885 bits per heavy atom. The lowest BCUT2D eigenvalue weighted by molar-refractivity contribution is -0.236. The fraction of sp³-hybridized carbons (Fsp3) is 0.760. The molecular formula is C50H72ClFN2O7. The Hall–Kier alpha value is -2.82. The predicted molar refractivity (Wildman–Crippen MR) is 234 cm³/mol. The molecule has 61 heavy (non-hydrogen) atoms. The van der Waals surface area contributed by atoms with Gasteiger partial charge < -0.3 is 25.6 Å². The topological polar surface area (TPSA) is 142 Å². The van der Waals surface area contributed by atoms with Crippen LogP contribution in [0, 0.1) is 68.0 Å². The Kier molecular flexibility index (Phi) is 11.9. The Bertz CT molecular complexity index is 1960. The highest BCUT2D eigenvalue weighted by Crippen LogP contribution is 2.77. The lowest BCUT2D eigenvalue weighted by Gasteiger charge is -2.72. The van der Waals surface area contributed by atoms with Gasteiger partial charge in [0.15, 0.2) is 5.78 Å². The lowest BCUT2D eigenvalue weighted by atomic mass is 9.33. The number of aliphatic carboxylic acids is 1. The van der Waals surface area contributed by atoms with Crippen LogP contribution in [-0.4, -0.2) is 64.9 Å². The Labute approximate surface area is 368 Å². The van der Waals surface area contributed by atoms with Crippen LogP contribution in [0.1, 0.15) is 150 Å². The molecule has 0 bridgehead atoms. The number of aliphatic hydroxyl groups is 1. The zero-order valence-corrected chi connectivity index (χ0v) is 39.1. The molecule has 4 N–H and O–H groups in total. The number of hydrogen-bond donors (Lipinski definition) is 4. The molecule has 0 aromatic heterocycles. The number of hydrogen-bond acceptors (Lipinski definition) is 7. The molecule has 0 aliphatic heterocycles. The normalized spacial score (nSPS) is 38.8. The first kappa shape index (κ1) is 46.2. The first-order valence-electron chi connectivity index (χ1n) is 23.2. The smallest absolute Gasteiger partial charge is 0.309 e. The van der Waals surface area contributed by atoms with Crippen LogP contribution < -0.4 is 10.6 Å². The van der Waals surface area contributed by atoms with Gasteiger partial charge in [0.25, 0.3) is 5.91 Å². The number of ether oxygens (including phenoxy) is 1. The standard InChI is InChI=1S/C50H72ClFN2O7/c1-28(2)39-35(56)26-49(23-24-53-27-50(52,29(3)55)54-41(57)30-11-13-31(51)14-12-30)22-21-47(9)32(40(39)49)15-16-37-46(8)19-18-38(45(6,7)36(46)17-20-48(37,47)10)61-43(60)34-25-33(42(58)59)44(34,4)5/h11-14,28-29,32-34,36-38,53,55H,15-27H2,1-10H3,(H,54,57)(H,58,59)/t29?,32-,33+,34-,36+,37-,38+,46+,47-,48-,49-,50?/m1/s1. The lowest BCUT2D eigenvalue weighted by Crippen LogP contribution is -2.66. The number of carboxylic acid groups (broad SMARTS) is 1. The Balaban J connectivity index is 1.08. The molecule has 12 atom stereocenters. The van der Waals surface area contributed by atoms with Gasteiger partial charge in [-0.3, -0.25) is 19.2 Å². The van der Waals surface area contributed by atoms with E-state index in [2.05, 4.69) is 59.1 Å². The molecule has 1 aromatic carbocycles. The van der Waals surface area contributed by atoms with Crippen molar-refractivity contribution in [2.45, 2.75) is 158 Å². The number of benzene rings is 1. The van der Waals surface area contributed by atoms with Gasteiger partial charge in [-0.05, 0) is 153 Å². The minimum atomic E-state index is -2.41. The highest BCUT2D eigenvalue weighted by atomic mass is 35.5. The van der Waals surface area contributed by atoms with Crippen molar-refractivity contribution in [3.05, 3.63) is 46.0 Å². The van der Waals surface area contributed by atoms with Crippen molar-refractivity contribution in [3.63, 3.8) is 0 Å². The van der Waals surface area contributed by atoms with Crippen molar-refractivity contribution < 1.29 is 38.5 Å². The zero-order valence-electron chi connectivity index (χ0n) is 38.3. The van der Waals surface area contributed by atoms with E-state index in [9.17, 15) is 29.4 Å². The number of fused-ring (bicyclic) bond motifs is 7. The van der Waals surface area contributed by atoms with E-state index in [1.807, 2.05) is 13.8 Å². The number of halogens is 2. The SMILES string of the molecule is CC(C)C1=C2[C@H]3CC[C@@H]4[C@@]5(C)CC[C@H](OC(=O)[C@H]6C[C@@H](C(=O)O)C6(C)C)C(C)(C)[C@@H]5CC[C@@]4(C)[C@]3(C)CC[C@@]2(CCNCC(F)(NC(=O)c2ccc(Cl)cc2)C(C)O)CC1=O. The van der Waals surface area contributed by atoms with Crippen molar-refractivity contribution in [3.8, 4) is 0 Å². The molecule has 1 aromatic rings. The number of Topliss-reactive ketones (excluding diaryl/α,β-unsaturated/α-hetero) is 1. The van der Waals surface area contributed by atoms with Gasteiger partial charge in [0.2, 0.25) is 5.79 Å². The summed E-state index contributed by atoms with van der Waals surface area (Å²) in [5.74, 6) is -3.66. The van der Waals surface area contributed by atoms with E-state index in [4.69, 9.17) is 16.3 Å². The van der Waals surface area contributed by atoms with Gasteiger partial charge in [0, 0.05) is 27.8 Å². The summed E-state index contributed by atoms with van der Waals surface area (Å²) in [6, 6.07) is 6.16. The van der Waals surface area contributed by atoms with Crippen LogP contribution in [0.5, 0.6) is 0 Å². The number of rotatable bonds is 12. The van der Waals surface area contributed by atoms with E-state index in [-0.39, 0.29) is 68.9 Å². The van der Waals surface area contributed by atoms with Crippen LogP contribution in [0.15, 0.2) is 35.4 Å². The highest BCUT2D eigenvalue weighted by Gasteiger charge is 2.70. The van der Waals surface area contributed by atoms with Crippen LogP contribution >= 0.6 is 11.6 Å². The number of allylic oxidation sites excluding steroid dienone is 2. The summed E-state index contributed by atoms with van der Waals surface area (Å²) in [6.45, 7) is 21.7. The Morgan fingerprint density at radius 3 is 2.16 bits per heavy atom. The van der Waals surface area contributed by atoms with Gasteiger partial charge >= 0.3 is 11.9 Å². The second kappa shape index (κ2) is 15.7. The molecule has 0 spiro atoms. The van der Waals surface area contributed by atoms with E-state index < -0.39 is 41.0 Å². The molecule has 5 fully saturated rings. The van der Waals surface area contributed by atoms with Crippen LogP contribution in [0.25, 0.3) is 0 Å². The third-order valence-electron chi connectivity index (χ3n) is 18.9. The maximum atomic E-state index is 16.3. The molecule has 0 saturated heterocycles. The fourth-order valence-electron chi connectivity index (χ4n) is 15.0. The number of carbonyl (C=O) groups is 4. The number of nitrogens with one attached hydrogen (secondary N) is 2. The number of esters is 1. The largest absolute Gasteiger partial charge is 0.481 e. The number of alkyl halides is 1. The van der Waals surface area contributed by atoms with Crippen LogP contribution in [-0.2, 0) is 19.1 Å². The van der Waals surface area contributed by atoms with Gasteiger partial charge in [-0.15, -0.1) is 0 Å². The summed E-state index contributed by atoms with van der Waals surface area (Å²) in [6.07, 6.45) is 7.62. The number of carbonyl (C=O) groups excluding carboxylic acids is 3. The quantitative estimate of drug-likeness (QED) is 0.0925.